The van der Waals surface area contributed by atoms with E-state index in [2.05, 4.69) is 10.3 Å². The van der Waals surface area contributed by atoms with Crippen LogP contribution in [0.25, 0.3) is 0 Å². The number of thiazole rings is 1. The molecule has 1 fully saturated rings. The molecule has 2 aromatic rings. The van der Waals surface area contributed by atoms with Crippen LogP contribution in [-0.2, 0) is 16.1 Å². The van der Waals surface area contributed by atoms with Gasteiger partial charge in [-0.15, -0.1) is 11.3 Å². The van der Waals surface area contributed by atoms with E-state index in [1.807, 2.05) is 42.6 Å². The number of carbonyl (C=O) groups excluding carboxylic acids is 2. The van der Waals surface area contributed by atoms with Gasteiger partial charge in [-0.1, -0.05) is 42.1 Å². The van der Waals surface area contributed by atoms with E-state index in [-0.39, 0.29) is 17.9 Å². The summed E-state index contributed by atoms with van der Waals surface area (Å²) in [4.78, 5) is 30.3. The van der Waals surface area contributed by atoms with E-state index in [1.54, 1.807) is 16.2 Å². The summed E-state index contributed by atoms with van der Waals surface area (Å²) < 4.78 is 0.899. The summed E-state index contributed by atoms with van der Waals surface area (Å²) in [7, 11) is 0. The van der Waals surface area contributed by atoms with Crippen molar-refractivity contribution >= 4 is 34.9 Å². The van der Waals surface area contributed by atoms with Gasteiger partial charge in [0.25, 0.3) is 0 Å². The zero-order valence-electron chi connectivity index (χ0n) is 13.4. The smallest absolute Gasteiger partial charge is 0.230 e. The third kappa shape index (κ3) is 4.58. The van der Waals surface area contributed by atoms with Crippen LogP contribution in [-0.4, -0.2) is 40.0 Å². The van der Waals surface area contributed by atoms with Crippen LogP contribution < -0.4 is 5.32 Å². The molecule has 1 aliphatic heterocycles. The lowest BCUT2D eigenvalue weighted by Gasteiger charge is -2.17. The van der Waals surface area contributed by atoms with Crippen LogP contribution in [0.3, 0.4) is 0 Å². The summed E-state index contributed by atoms with van der Waals surface area (Å²) in [5.41, 5.74) is 2.08. The number of hydrogen-bond acceptors (Lipinski definition) is 5. The highest BCUT2D eigenvalue weighted by molar-refractivity contribution is 8.01. The molecule has 1 aromatic carbocycles. The quantitative estimate of drug-likeness (QED) is 0.803. The van der Waals surface area contributed by atoms with Gasteiger partial charge in [-0.05, 0) is 12.5 Å². The molecule has 3 rings (SSSR count). The lowest BCUT2D eigenvalue weighted by atomic mass is 10.2. The molecular weight excluding hydrogens is 342 g/mol. The van der Waals surface area contributed by atoms with Crippen molar-refractivity contribution in [1.82, 2.24) is 15.2 Å². The molecule has 7 heteroatoms. The van der Waals surface area contributed by atoms with Gasteiger partial charge in [0.1, 0.15) is 0 Å². The van der Waals surface area contributed by atoms with Crippen molar-refractivity contribution in [1.29, 1.82) is 0 Å². The van der Waals surface area contributed by atoms with Crippen molar-refractivity contribution in [3.63, 3.8) is 0 Å². The SMILES string of the molecule is Cc1csc(SCC(=O)N[C@@H]2CC(=O)N(Cc3ccccc3)C2)n1. The second kappa shape index (κ2) is 7.81. The van der Waals surface area contributed by atoms with E-state index < -0.39 is 0 Å². The molecule has 0 bridgehead atoms. The Labute approximate surface area is 149 Å². The Balaban J connectivity index is 1.46. The summed E-state index contributed by atoms with van der Waals surface area (Å²) in [5.74, 6) is 0.371. The Bertz CT molecular complexity index is 718. The number of amides is 2. The first-order chi connectivity index (χ1) is 11.6. The molecule has 1 atom stereocenters. The number of thioether (sulfide) groups is 1. The van der Waals surface area contributed by atoms with E-state index in [1.165, 1.54) is 11.8 Å². The number of nitrogens with one attached hydrogen (secondary N) is 1. The second-order valence-corrected chi connectivity index (χ2v) is 7.85. The molecule has 5 nitrogen and oxygen atoms in total. The average Bonchev–Trinajstić information content (AvgIpc) is 3.12. The van der Waals surface area contributed by atoms with Gasteiger partial charge in [0.05, 0.1) is 11.8 Å². The Morgan fingerprint density at radius 2 is 2.21 bits per heavy atom. The maximum atomic E-state index is 12.1. The van der Waals surface area contributed by atoms with Gasteiger partial charge in [0, 0.05) is 30.6 Å². The first-order valence-corrected chi connectivity index (χ1v) is 9.62. The molecule has 0 saturated carbocycles. The number of benzene rings is 1. The van der Waals surface area contributed by atoms with Crippen LogP contribution in [0.4, 0.5) is 0 Å². The van der Waals surface area contributed by atoms with Gasteiger partial charge in [0.2, 0.25) is 11.8 Å². The standard InChI is InChI=1S/C17H19N3O2S2/c1-12-10-23-17(18-12)24-11-15(21)19-14-7-16(22)20(9-14)8-13-5-3-2-4-6-13/h2-6,10,14H,7-9,11H2,1H3,(H,19,21)/t14-/m1/s1. The lowest BCUT2D eigenvalue weighted by Crippen LogP contribution is -2.38. The number of aromatic nitrogens is 1. The van der Waals surface area contributed by atoms with Gasteiger partial charge in [-0.3, -0.25) is 9.59 Å². The first kappa shape index (κ1) is 17.0. The first-order valence-electron chi connectivity index (χ1n) is 7.76. The molecule has 0 aliphatic carbocycles. The maximum absolute atomic E-state index is 12.1. The van der Waals surface area contributed by atoms with Gasteiger partial charge in [0.15, 0.2) is 4.34 Å². The normalized spacial score (nSPS) is 17.3. The van der Waals surface area contributed by atoms with Gasteiger partial charge in [-0.2, -0.15) is 0 Å². The molecule has 1 aliphatic rings. The van der Waals surface area contributed by atoms with Crippen LogP contribution in [0.2, 0.25) is 0 Å². The summed E-state index contributed by atoms with van der Waals surface area (Å²) in [6.45, 7) is 3.10. The molecule has 1 N–H and O–H groups in total. The van der Waals surface area contributed by atoms with Crippen molar-refractivity contribution in [3.8, 4) is 0 Å². The van der Waals surface area contributed by atoms with Crippen molar-refractivity contribution in [3.05, 3.63) is 47.0 Å². The molecule has 0 spiro atoms. The van der Waals surface area contributed by atoms with E-state index in [9.17, 15) is 9.59 Å². The Hall–Kier alpha value is -1.86. The Kier molecular flexibility index (Phi) is 5.52. The fraction of sp³-hybridized carbons (Fsp3) is 0.353. The third-order valence-electron chi connectivity index (χ3n) is 3.72. The molecule has 24 heavy (non-hydrogen) atoms. The topological polar surface area (TPSA) is 62.3 Å². The molecule has 2 amide bonds. The number of nitrogens with zero attached hydrogens (tertiary/aromatic N) is 2. The van der Waals surface area contributed by atoms with Crippen molar-refractivity contribution in [2.75, 3.05) is 12.3 Å². The zero-order chi connectivity index (χ0) is 16.9. The lowest BCUT2D eigenvalue weighted by molar-refractivity contribution is -0.128. The van der Waals surface area contributed by atoms with Crippen LogP contribution >= 0.6 is 23.1 Å². The number of likely N-dealkylation sites (tertiary alicyclic amines) is 1. The minimum atomic E-state index is -0.104. The van der Waals surface area contributed by atoms with E-state index in [0.29, 0.717) is 25.3 Å². The predicted molar refractivity (Wildman–Crippen MR) is 96.0 cm³/mol. The second-order valence-electron chi connectivity index (χ2n) is 5.77. The molecule has 0 unspecified atom stereocenters. The van der Waals surface area contributed by atoms with E-state index in [4.69, 9.17) is 0 Å². The number of carbonyl (C=O) groups is 2. The maximum Gasteiger partial charge on any atom is 0.230 e. The van der Waals surface area contributed by atoms with Crippen molar-refractivity contribution in [2.45, 2.75) is 30.3 Å². The highest BCUT2D eigenvalue weighted by Gasteiger charge is 2.30. The number of rotatable bonds is 6. The number of hydrogen-bond donors (Lipinski definition) is 1. The van der Waals surface area contributed by atoms with Crippen LogP contribution in [0, 0.1) is 6.92 Å². The highest BCUT2D eigenvalue weighted by Crippen LogP contribution is 2.22. The molecular formula is C17H19N3O2S2. The van der Waals surface area contributed by atoms with Crippen LogP contribution in [0.1, 0.15) is 17.7 Å². The van der Waals surface area contributed by atoms with Crippen molar-refractivity contribution in [2.24, 2.45) is 0 Å². The minimum Gasteiger partial charge on any atom is -0.350 e. The number of aryl methyl sites for hydroxylation is 1. The summed E-state index contributed by atoms with van der Waals surface area (Å²) >= 11 is 2.98. The van der Waals surface area contributed by atoms with Crippen LogP contribution in [0.5, 0.6) is 0 Å². The molecule has 1 aromatic heterocycles. The van der Waals surface area contributed by atoms with Gasteiger partial charge >= 0.3 is 0 Å². The fourth-order valence-electron chi connectivity index (χ4n) is 2.62. The van der Waals surface area contributed by atoms with Crippen LogP contribution in [0.15, 0.2) is 40.1 Å². The van der Waals surface area contributed by atoms with Crippen molar-refractivity contribution < 1.29 is 9.59 Å². The Morgan fingerprint density at radius 1 is 1.42 bits per heavy atom. The third-order valence-corrected chi connectivity index (χ3v) is 5.86. The fourth-order valence-corrected chi connectivity index (χ4v) is 4.28. The molecule has 2 heterocycles. The van der Waals surface area contributed by atoms with E-state index in [0.717, 1.165) is 15.6 Å². The summed E-state index contributed by atoms with van der Waals surface area (Å²) in [6, 6.07) is 9.80. The monoisotopic (exact) mass is 361 g/mol. The van der Waals surface area contributed by atoms with Gasteiger partial charge in [-0.25, -0.2) is 4.98 Å². The summed E-state index contributed by atoms with van der Waals surface area (Å²) in [5, 5.41) is 4.93. The van der Waals surface area contributed by atoms with Gasteiger partial charge < -0.3 is 10.2 Å². The summed E-state index contributed by atoms with van der Waals surface area (Å²) in [6.07, 6.45) is 0.375. The molecule has 0 radical (unpaired) electrons. The predicted octanol–water partition coefficient (Wildman–Crippen LogP) is 2.46. The Morgan fingerprint density at radius 3 is 2.92 bits per heavy atom. The molecule has 1 saturated heterocycles. The molecule has 126 valence electrons. The minimum absolute atomic E-state index is 0.0489. The largest absolute Gasteiger partial charge is 0.350 e. The average molecular weight is 361 g/mol. The van der Waals surface area contributed by atoms with E-state index >= 15 is 0 Å². The zero-order valence-corrected chi connectivity index (χ0v) is 15.0. The highest BCUT2D eigenvalue weighted by atomic mass is 32.2.